The van der Waals surface area contributed by atoms with Crippen LogP contribution in [0.3, 0.4) is 0 Å². The Morgan fingerprint density at radius 3 is 2.35 bits per heavy atom. The van der Waals surface area contributed by atoms with Crippen molar-refractivity contribution in [2.75, 3.05) is 27.2 Å². The molecule has 4 rings (SSSR count). The maximum absolute atomic E-state index is 13.5. The highest BCUT2D eigenvalue weighted by Crippen LogP contribution is 2.27. The molecule has 1 aliphatic heterocycles. The second-order valence-electron chi connectivity index (χ2n) is 8.50. The normalized spacial score (nSPS) is 15.4. The molecule has 0 aliphatic carbocycles. The number of benzene rings is 3. The lowest BCUT2D eigenvalue weighted by Crippen LogP contribution is -2.43. The summed E-state index contributed by atoms with van der Waals surface area (Å²) in [6, 6.07) is 14.4. The summed E-state index contributed by atoms with van der Waals surface area (Å²) in [6.07, 6.45) is 0.729. The Balaban J connectivity index is 1.38. The average Bonchev–Trinajstić information content (AvgIpc) is 2.84. The van der Waals surface area contributed by atoms with Gasteiger partial charge in [0.2, 0.25) is 15.9 Å². The zero-order valence-electron chi connectivity index (χ0n) is 19.0. The number of hydrogen-bond acceptors (Lipinski definition) is 4. The third kappa shape index (κ3) is 4.90. The molecule has 3 aromatic rings. The van der Waals surface area contributed by atoms with E-state index in [1.54, 1.807) is 19.1 Å². The van der Waals surface area contributed by atoms with Crippen LogP contribution in [0.5, 0.6) is 5.75 Å². The molecule has 1 amide bonds. The van der Waals surface area contributed by atoms with Crippen molar-refractivity contribution >= 4 is 26.7 Å². The van der Waals surface area contributed by atoms with E-state index in [1.807, 2.05) is 36.4 Å². The molecule has 0 bridgehead atoms. The summed E-state index contributed by atoms with van der Waals surface area (Å²) in [6.45, 7) is 0.723. The number of hydrogen-bond donors (Lipinski definition) is 0. The van der Waals surface area contributed by atoms with E-state index in [-0.39, 0.29) is 29.8 Å². The molecule has 0 atom stereocenters. The lowest BCUT2D eigenvalue weighted by atomic mass is 9.96. The third-order valence-corrected chi connectivity index (χ3v) is 8.13. The molecule has 1 aliphatic rings. The Morgan fingerprint density at radius 1 is 1.00 bits per heavy atom. The van der Waals surface area contributed by atoms with E-state index in [9.17, 15) is 22.0 Å². The van der Waals surface area contributed by atoms with Gasteiger partial charge in [0.25, 0.3) is 0 Å². The predicted molar refractivity (Wildman–Crippen MR) is 125 cm³/mol. The molecular formula is C25H26F2N2O4S. The Labute approximate surface area is 197 Å². The summed E-state index contributed by atoms with van der Waals surface area (Å²) >= 11 is 0. The minimum Gasteiger partial charge on any atom is -0.497 e. The second kappa shape index (κ2) is 9.68. The monoisotopic (exact) mass is 488 g/mol. The van der Waals surface area contributed by atoms with Crippen molar-refractivity contribution < 1.29 is 26.7 Å². The van der Waals surface area contributed by atoms with Crippen LogP contribution in [-0.4, -0.2) is 50.8 Å². The molecule has 0 radical (unpaired) electrons. The second-order valence-corrected chi connectivity index (χ2v) is 10.4. The van der Waals surface area contributed by atoms with Gasteiger partial charge in [-0.15, -0.1) is 0 Å². The highest BCUT2D eigenvalue weighted by molar-refractivity contribution is 7.89. The lowest BCUT2D eigenvalue weighted by Gasteiger charge is -2.32. The Morgan fingerprint density at radius 2 is 1.68 bits per heavy atom. The van der Waals surface area contributed by atoms with Crippen LogP contribution in [0.25, 0.3) is 10.8 Å². The van der Waals surface area contributed by atoms with Crippen molar-refractivity contribution in [1.82, 2.24) is 9.21 Å². The van der Waals surface area contributed by atoms with E-state index in [0.29, 0.717) is 25.5 Å². The van der Waals surface area contributed by atoms with Gasteiger partial charge in [-0.25, -0.2) is 17.2 Å². The van der Waals surface area contributed by atoms with Crippen LogP contribution in [0.1, 0.15) is 18.4 Å². The maximum atomic E-state index is 13.5. The highest BCUT2D eigenvalue weighted by Gasteiger charge is 2.33. The Hall–Kier alpha value is -3.04. The van der Waals surface area contributed by atoms with Crippen molar-refractivity contribution in [2.24, 2.45) is 5.92 Å². The molecule has 0 saturated carbocycles. The Kier molecular flexibility index (Phi) is 6.86. The molecular weight excluding hydrogens is 462 g/mol. The van der Waals surface area contributed by atoms with Gasteiger partial charge in [0.1, 0.15) is 5.75 Å². The molecule has 0 spiro atoms. The van der Waals surface area contributed by atoms with E-state index in [2.05, 4.69) is 0 Å². The largest absolute Gasteiger partial charge is 0.497 e. The molecule has 0 unspecified atom stereocenters. The molecule has 0 aromatic heterocycles. The highest BCUT2D eigenvalue weighted by atomic mass is 32.2. The molecule has 1 fully saturated rings. The first kappa shape index (κ1) is 24.1. The van der Waals surface area contributed by atoms with Gasteiger partial charge in [-0.2, -0.15) is 4.31 Å². The topological polar surface area (TPSA) is 66.9 Å². The van der Waals surface area contributed by atoms with Crippen LogP contribution in [-0.2, 0) is 21.4 Å². The van der Waals surface area contributed by atoms with Crippen molar-refractivity contribution in [3.8, 4) is 5.75 Å². The number of carbonyl (C=O) groups excluding carboxylic acids is 1. The molecule has 3 aromatic carbocycles. The molecule has 180 valence electrons. The van der Waals surface area contributed by atoms with Crippen LogP contribution in [0.2, 0.25) is 0 Å². The van der Waals surface area contributed by atoms with Crippen LogP contribution >= 0.6 is 0 Å². The minimum atomic E-state index is -3.95. The van der Waals surface area contributed by atoms with Crippen LogP contribution in [0.4, 0.5) is 8.78 Å². The number of rotatable bonds is 6. The standard InChI is InChI=1S/C25H26F2N2O4S/c1-28(16-17-3-4-20-14-21(33-2)6-5-19(20)13-17)25(30)18-9-11-29(12-10-18)34(31,32)22-7-8-23(26)24(27)15-22/h3-8,13-15,18H,9-12,16H2,1-2H3. The summed E-state index contributed by atoms with van der Waals surface area (Å²) in [4.78, 5) is 14.4. The fraction of sp³-hybridized carbons (Fsp3) is 0.320. The van der Waals surface area contributed by atoms with E-state index >= 15 is 0 Å². The first-order valence-corrected chi connectivity index (χ1v) is 12.4. The van der Waals surface area contributed by atoms with Crippen LogP contribution in [0, 0.1) is 17.6 Å². The quantitative estimate of drug-likeness (QED) is 0.522. The predicted octanol–water partition coefficient (Wildman–Crippen LogP) is 4.19. The number of nitrogens with zero attached hydrogens (tertiary/aromatic N) is 2. The third-order valence-electron chi connectivity index (χ3n) is 6.24. The van der Waals surface area contributed by atoms with Gasteiger partial charge in [-0.1, -0.05) is 18.2 Å². The van der Waals surface area contributed by atoms with Gasteiger partial charge in [-0.05, 0) is 65.6 Å². The smallest absolute Gasteiger partial charge is 0.243 e. The number of fused-ring (bicyclic) bond motifs is 1. The summed E-state index contributed by atoms with van der Waals surface area (Å²) in [5.41, 5.74) is 0.992. The van der Waals surface area contributed by atoms with E-state index < -0.39 is 21.7 Å². The molecule has 0 N–H and O–H groups in total. The number of amides is 1. The lowest BCUT2D eigenvalue weighted by molar-refractivity contribution is -0.135. The summed E-state index contributed by atoms with van der Waals surface area (Å²) in [7, 11) is -0.588. The van der Waals surface area contributed by atoms with Crippen molar-refractivity contribution in [1.29, 1.82) is 0 Å². The number of methoxy groups -OCH3 is 1. The van der Waals surface area contributed by atoms with Crippen LogP contribution in [0.15, 0.2) is 59.5 Å². The molecule has 1 heterocycles. The fourth-order valence-corrected chi connectivity index (χ4v) is 5.77. The van der Waals surface area contributed by atoms with E-state index in [1.165, 1.54) is 4.31 Å². The van der Waals surface area contributed by atoms with Gasteiger partial charge in [-0.3, -0.25) is 4.79 Å². The minimum absolute atomic E-state index is 0.0419. The molecule has 6 nitrogen and oxygen atoms in total. The zero-order chi connectivity index (χ0) is 24.5. The summed E-state index contributed by atoms with van der Waals surface area (Å²) in [5.74, 6) is -1.87. The van der Waals surface area contributed by atoms with Gasteiger partial charge in [0.05, 0.1) is 12.0 Å². The number of ether oxygens (including phenoxy) is 1. The summed E-state index contributed by atoms with van der Waals surface area (Å²) < 4.78 is 58.7. The molecule has 9 heteroatoms. The van der Waals surface area contributed by atoms with Gasteiger partial charge >= 0.3 is 0 Å². The first-order chi connectivity index (χ1) is 16.2. The van der Waals surface area contributed by atoms with Crippen LogP contribution < -0.4 is 4.74 Å². The first-order valence-electron chi connectivity index (χ1n) is 11.0. The average molecular weight is 489 g/mol. The zero-order valence-corrected chi connectivity index (χ0v) is 19.8. The Bertz CT molecular complexity index is 1320. The van der Waals surface area contributed by atoms with Gasteiger partial charge in [0, 0.05) is 32.6 Å². The van der Waals surface area contributed by atoms with Gasteiger partial charge < -0.3 is 9.64 Å². The van der Waals surface area contributed by atoms with Gasteiger partial charge in [0.15, 0.2) is 11.6 Å². The number of sulfonamides is 1. The fourth-order valence-electron chi connectivity index (χ4n) is 4.29. The molecule has 34 heavy (non-hydrogen) atoms. The number of piperidine rings is 1. The SMILES string of the molecule is COc1ccc2cc(CN(C)C(=O)C3CCN(S(=O)(=O)c4ccc(F)c(F)c4)CC3)ccc2c1. The maximum Gasteiger partial charge on any atom is 0.243 e. The van der Waals surface area contributed by atoms with Crippen molar-refractivity contribution in [2.45, 2.75) is 24.3 Å². The summed E-state index contributed by atoms with van der Waals surface area (Å²) in [5, 5.41) is 2.10. The number of halogens is 2. The molecule has 1 saturated heterocycles. The van der Waals surface area contributed by atoms with E-state index in [0.717, 1.165) is 34.2 Å². The number of carbonyl (C=O) groups is 1. The van der Waals surface area contributed by atoms with Crippen molar-refractivity contribution in [3.05, 3.63) is 71.8 Å². The van der Waals surface area contributed by atoms with Crippen molar-refractivity contribution in [3.63, 3.8) is 0 Å². The van der Waals surface area contributed by atoms with E-state index in [4.69, 9.17) is 4.74 Å².